The fourth-order valence-corrected chi connectivity index (χ4v) is 9.42. The summed E-state index contributed by atoms with van der Waals surface area (Å²) in [6.45, 7) is 8.23. The number of halogens is 3. The van der Waals surface area contributed by atoms with Crippen molar-refractivity contribution in [2.24, 2.45) is 0 Å². The van der Waals surface area contributed by atoms with E-state index in [0.717, 1.165) is 66.1 Å². The first-order valence-corrected chi connectivity index (χ1v) is 20.3. The quantitative estimate of drug-likeness (QED) is 0.174. The average Bonchev–Trinajstić information content (AvgIpc) is 3.77. The molecule has 0 aliphatic carbocycles. The summed E-state index contributed by atoms with van der Waals surface area (Å²) in [5, 5.41) is 23.3. The molecule has 0 amide bonds. The number of aromatic nitrogens is 2. The number of aryl methyl sites for hydroxylation is 4. The minimum atomic E-state index is -4.84. The highest BCUT2D eigenvalue weighted by molar-refractivity contribution is 6.12. The number of para-hydroxylation sites is 2. The van der Waals surface area contributed by atoms with Crippen molar-refractivity contribution in [2.75, 3.05) is 0 Å². The third kappa shape index (κ3) is 6.21. The topological polar surface area (TPSA) is 57.4 Å². The van der Waals surface area contributed by atoms with Crippen molar-refractivity contribution in [1.82, 2.24) is 9.13 Å². The first-order valence-electron chi connectivity index (χ1n) is 20.3. The van der Waals surface area contributed by atoms with Crippen LogP contribution in [-0.4, -0.2) is 9.13 Å². The molecule has 10 rings (SSSR count). The zero-order chi connectivity index (χ0) is 43.0. The summed E-state index contributed by atoms with van der Waals surface area (Å²) in [6, 6.07) is 51.7. The second kappa shape index (κ2) is 14.4. The fourth-order valence-electron chi connectivity index (χ4n) is 9.42. The molecular weight excluding hydrogens is 774 g/mol. The van der Waals surface area contributed by atoms with Crippen LogP contribution in [0.5, 0.6) is 0 Å². The third-order valence-electron chi connectivity index (χ3n) is 12.1. The highest BCUT2D eigenvalue weighted by atomic mass is 19.4. The van der Waals surface area contributed by atoms with Crippen LogP contribution in [0.2, 0.25) is 0 Å². The van der Waals surface area contributed by atoms with Crippen LogP contribution in [0.1, 0.15) is 38.9 Å². The molecule has 298 valence electrons. The Balaban J connectivity index is 1.34. The van der Waals surface area contributed by atoms with E-state index in [9.17, 15) is 10.5 Å². The first kappa shape index (κ1) is 38.3. The SMILES string of the molecule is Cc1ccc(-c2ccc3c(c2)c2ccccc2n3-c2cc(-c3cc(C#N)cc(C#N)c3)cc(-n3c4ccccc4c4cc(-c5ccc(C)cc5C)ccc43)c2C(F)(F)F)c(C)c1. The molecule has 2 aromatic heterocycles. The van der Waals surface area contributed by atoms with Gasteiger partial charge in [0.2, 0.25) is 0 Å². The van der Waals surface area contributed by atoms with E-state index in [1.165, 1.54) is 6.07 Å². The molecular formula is C55H37F3N4. The molecule has 0 aliphatic rings. The fraction of sp³-hybridized carbons (Fsp3) is 0.0909. The van der Waals surface area contributed by atoms with Gasteiger partial charge in [-0.1, -0.05) is 96.1 Å². The Morgan fingerprint density at radius 2 is 0.839 bits per heavy atom. The lowest BCUT2D eigenvalue weighted by molar-refractivity contribution is -0.137. The van der Waals surface area contributed by atoms with Crippen molar-refractivity contribution in [2.45, 2.75) is 33.9 Å². The highest BCUT2D eigenvalue weighted by Crippen LogP contribution is 2.47. The summed E-state index contributed by atoms with van der Waals surface area (Å²) in [4.78, 5) is 0. The van der Waals surface area contributed by atoms with Crippen LogP contribution in [-0.2, 0) is 6.18 Å². The average molecular weight is 811 g/mol. The second-order valence-electron chi connectivity index (χ2n) is 16.2. The van der Waals surface area contributed by atoms with Gasteiger partial charge in [-0.2, -0.15) is 23.7 Å². The lowest BCUT2D eigenvalue weighted by Crippen LogP contribution is -2.16. The summed E-state index contributed by atoms with van der Waals surface area (Å²) >= 11 is 0. The molecule has 2 heterocycles. The van der Waals surface area contributed by atoms with E-state index in [0.29, 0.717) is 33.2 Å². The standard InChI is InChI=1S/C55H37F3N4/c1-32-13-17-42(34(3)21-32)38-15-19-50-46(26-38)44-9-5-7-11-48(44)61(50)52-28-41(40-24-36(30-59)23-37(25-40)31-60)29-53(54(52)55(56,57)58)62-49-12-8-6-10-45(49)47-27-39(16-20-51(47)62)43-18-14-33(2)22-35(43)4/h5-29H,1-4H3. The van der Waals surface area contributed by atoms with Gasteiger partial charge in [-0.15, -0.1) is 0 Å². The van der Waals surface area contributed by atoms with Crippen molar-refractivity contribution in [3.63, 3.8) is 0 Å². The Bertz CT molecular complexity index is 3370. The van der Waals surface area contributed by atoms with E-state index in [1.54, 1.807) is 33.4 Å². The summed E-state index contributed by atoms with van der Waals surface area (Å²) in [5.74, 6) is 0. The van der Waals surface area contributed by atoms with Crippen LogP contribution in [0.25, 0.3) is 88.4 Å². The molecule has 0 bridgehead atoms. The minimum absolute atomic E-state index is 0.0748. The summed E-state index contributed by atoms with van der Waals surface area (Å²) < 4.78 is 52.9. The summed E-state index contributed by atoms with van der Waals surface area (Å²) in [5.41, 5.74) is 11.3. The molecule has 4 nitrogen and oxygen atoms in total. The van der Waals surface area contributed by atoms with Crippen LogP contribution < -0.4 is 0 Å². The van der Waals surface area contributed by atoms with Gasteiger partial charge in [0.25, 0.3) is 0 Å². The lowest BCUT2D eigenvalue weighted by atomic mass is 9.96. The molecule has 0 spiro atoms. The Labute approximate surface area is 356 Å². The number of nitriles is 2. The number of fused-ring (bicyclic) bond motifs is 6. The van der Waals surface area contributed by atoms with Crippen LogP contribution in [0.15, 0.2) is 152 Å². The molecule has 0 N–H and O–H groups in total. The maximum absolute atomic E-state index is 16.5. The molecule has 0 radical (unpaired) electrons. The zero-order valence-electron chi connectivity index (χ0n) is 34.4. The Morgan fingerprint density at radius 1 is 0.419 bits per heavy atom. The van der Waals surface area contributed by atoms with Crippen LogP contribution in [0.3, 0.4) is 0 Å². The van der Waals surface area contributed by atoms with Gasteiger partial charge in [-0.3, -0.25) is 0 Å². The Morgan fingerprint density at radius 3 is 1.26 bits per heavy atom. The molecule has 0 unspecified atom stereocenters. The number of benzene rings is 8. The van der Waals surface area contributed by atoms with Gasteiger partial charge in [-0.05, 0) is 139 Å². The largest absolute Gasteiger partial charge is 0.420 e. The maximum Gasteiger partial charge on any atom is 0.420 e. The normalized spacial score (nSPS) is 11.8. The molecule has 0 fully saturated rings. The predicted octanol–water partition coefficient (Wildman–Crippen LogP) is 14.9. The Kier molecular flexibility index (Phi) is 8.91. The molecule has 7 heteroatoms. The van der Waals surface area contributed by atoms with Gasteiger partial charge in [-0.25, -0.2) is 0 Å². The lowest BCUT2D eigenvalue weighted by Gasteiger charge is -2.23. The zero-order valence-corrected chi connectivity index (χ0v) is 34.4. The van der Waals surface area contributed by atoms with Crippen molar-refractivity contribution in [1.29, 1.82) is 10.5 Å². The minimum Gasteiger partial charge on any atom is -0.309 e. The van der Waals surface area contributed by atoms with Gasteiger partial charge in [0.15, 0.2) is 0 Å². The number of nitrogens with zero attached hydrogens (tertiary/aromatic N) is 4. The van der Waals surface area contributed by atoms with E-state index in [2.05, 4.69) is 88.4 Å². The van der Waals surface area contributed by atoms with Gasteiger partial charge >= 0.3 is 6.18 Å². The van der Waals surface area contributed by atoms with Crippen molar-refractivity contribution in [3.8, 4) is 56.9 Å². The predicted molar refractivity (Wildman–Crippen MR) is 245 cm³/mol. The number of hydrogen-bond acceptors (Lipinski definition) is 2. The van der Waals surface area contributed by atoms with E-state index in [-0.39, 0.29) is 22.5 Å². The van der Waals surface area contributed by atoms with E-state index < -0.39 is 11.7 Å². The van der Waals surface area contributed by atoms with E-state index in [1.807, 2.05) is 72.8 Å². The van der Waals surface area contributed by atoms with Crippen LogP contribution >= 0.6 is 0 Å². The molecule has 0 aliphatic heterocycles. The van der Waals surface area contributed by atoms with Gasteiger partial charge < -0.3 is 9.13 Å². The van der Waals surface area contributed by atoms with Crippen LogP contribution in [0, 0.1) is 50.4 Å². The van der Waals surface area contributed by atoms with Crippen molar-refractivity contribution in [3.05, 3.63) is 191 Å². The van der Waals surface area contributed by atoms with Crippen molar-refractivity contribution < 1.29 is 13.2 Å². The third-order valence-corrected chi connectivity index (χ3v) is 12.1. The second-order valence-corrected chi connectivity index (χ2v) is 16.2. The molecule has 62 heavy (non-hydrogen) atoms. The summed E-state index contributed by atoms with van der Waals surface area (Å²) in [7, 11) is 0. The molecule has 8 aromatic carbocycles. The molecule has 10 aromatic rings. The van der Waals surface area contributed by atoms with Crippen LogP contribution in [0.4, 0.5) is 13.2 Å². The van der Waals surface area contributed by atoms with Crippen molar-refractivity contribution >= 4 is 43.6 Å². The van der Waals surface area contributed by atoms with E-state index in [4.69, 9.17) is 0 Å². The number of hydrogen-bond donors (Lipinski definition) is 0. The summed E-state index contributed by atoms with van der Waals surface area (Å²) in [6.07, 6.45) is -4.84. The monoisotopic (exact) mass is 810 g/mol. The van der Waals surface area contributed by atoms with Gasteiger partial charge in [0.1, 0.15) is 5.56 Å². The van der Waals surface area contributed by atoms with Gasteiger partial charge in [0.05, 0.1) is 56.7 Å². The Hall–Kier alpha value is -7.87. The number of rotatable bonds is 5. The molecule has 0 saturated carbocycles. The van der Waals surface area contributed by atoms with E-state index >= 15 is 13.2 Å². The molecule has 0 saturated heterocycles. The highest BCUT2D eigenvalue weighted by Gasteiger charge is 2.39. The maximum atomic E-state index is 16.5. The first-order chi connectivity index (χ1) is 29.9. The van der Waals surface area contributed by atoms with Gasteiger partial charge in [0, 0.05) is 21.5 Å². The smallest absolute Gasteiger partial charge is 0.309 e. The number of alkyl halides is 3. The molecule has 0 atom stereocenters.